The number of likely N-dealkylation sites (tertiary alicyclic amines) is 1. The Labute approximate surface area is 168 Å². The van der Waals surface area contributed by atoms with Crippen LogP contribution in [0.1, 0.15) is 34.5 Å². The summed E-state index contributed by atoms with van der Waals surface area (Å²) in [5.74, 6) is -0.0433. The van der Waals surface area contributed by atoms with E-state index >= 15 is 0 Å². The van der Waals surface area contributed by atoms with E-state index in [9.17, 15) is 19.7 Å². The summed E-state index contributed by atoms with van der Waals surface area (Å²) < 4.78 is 5.22. The van der Waals surface area contributed by atoms with Crippen molar-refractivity contribution in [2.24, 2.45) is 0 Å². The minimum atomic E-state index is -0.464. The van der Waals surface area contributed by atoms with Gasteiger partial charge in [0, 0.05) is 42.5 Å². The average Bonchev–Trinajstić information content (AvgIpc) is 3.11. The Bertz CT molecular complexity index is 915. The van der Waals surface area contributed by atoms with Crippen molar-refractivity contribution in [2.75, 3.05) is 25.0 Å². The number of nitro benzene ring substituents is 1. The van der Waals surface area contributed by atoms with E-state index in [0.29, 0.717) is 30.1 Å². The molecular weight excluding hydrogens is 376 g/mol. The highest BCUT2D eigenvalue weighted by molar-refractivity contribution is 5.93. The zero-order valence-corrected chi connectivity index (χ0v) is 16.4. The van der Waals surface area contributed by atoms with Crippen LogP contribution in [-0.4, -0.2) is 47.3 Å². The standard InChI is InChI=1S/C20H24N4O5/c1-13-7-10-29-19(13)20(26)21-15-5-8-23(9-6-15)12-18(25)22-17-4-3-16(24(27)28)11-14(17)2/h3-4,7,10-11,15H,5-6,8-9,12H2,1-2H3,(H,21,26)(H,22,25). The number of nitrogens with zero attached hydrogens (tertiary/aromatic N) is 2. The van der Waals surface area contributed by atoms with Crippen molar-refractivity contribution < 1.29 is 18.9 Å². The number of benzene rings is 1. The van der Waals surface area contributed by atoms with Crippen molar-refractivity contribution in [3.8, 4) is 0 Å². The third kappa shape index (κ3) is 5.20. The molecule has 154 valence electrons. The van der Waals surface area contributed by atoms with Gasteiger partial charge in [-0.3, -0.25) is 24.6 Å². The molecule has 2 amide bonds. The zero-order chi connectivity index (χ0) is 21.0. The number of anilines is 1. The number of carbonyl (C=O) groups excluding carboxylic acids is 2. The molecule has 0 spiro atoms. The second-order valence-corrected chi connectivity index (χ2v) is 7.26. The summed E-state index contributed by atoms with van der Waals surface area (Å²) in [6.45, 7) is 5.15. The molecule has 3 rings (SSSR count). The van der Waals surface area contributed by atoms with Crippen molar-refractivity contribution in [1.82, 2.24) is 10.2 Å². The summed E-state index contributed by atoms with van der Waals surface area (Å²) >= 11 is 0. The van der Waals surface area contributed by atoms with Gasteiger partial charge in [0.1, 0.15) is 0 Å². The minimum absolute atomic E-state index is 0.00522. The maximum atomic E-state index is 12.3. The van der Waals surface area contributed by atoms with Gasteiger partial charge < -0.3 is 15.1 Å². The molecule has 0 bridgehead atoms. The molecule has 0 saturated carbocycles. The first-order valence-electron chi connectivity index (χ1n) is 9.45. The van der Waals surface area contributed by atoms with Crippen molar-refractivity contribution in [1.29, 1.82) is 0 Å². The van der Waals surface area contributed by atoms with Crippen LogP contribution in [0.5, 0.6) is 0 Å². The predicted molar refractivity (Wildman–Crippen MR) is 107 cm³/mol. The lowest BCUT2D eigenvalue weighted by molar-refractivity contribution is -0.384. The fourth-order valence-electron chi connectivity index (χ4n) is 3.39. The van der Waals surface area contributed by atoms with Crippen LogP contribution in [-0.2, 0) is 4.79 Å². The van der Waals surface area contributed by atoms with Gasteiger partial charge in [0.15, 0.2) is 5.76 Å². The summed E-state index contributed by atoms with van der Waals surface area (Å²) in [7, 11) is 0. The van der Waals surface area contributed by atoms with Gasteiger partial charge in [-0.2, -0.15) is 0 Å². The molecule has 0 atom stereocenters. The fourth-order valence-corrected chi connectivity index (χ4v) is 3.39. The lowest BCUT2D eigenvalue weighted by Crippen LogP contribution is -2.46. The molecule has 1 aromatic heterocycles. The molecule has 1 aromatic carbocycles. The van der Waals surface area contributed by atoms with Crippen LogP contribution in [0.4, 0.5) is 11.4 Å². The Morgan fingerprint density at radius 1 is 1.21 bits per heavy atom. The molecule has 1 aliphatic heterocycles. The number of rotatable bonds is 6. The van der Waals surface area contributed by atoms with Crippen LogP contribution in [0.15, 0.2) is 34.9 Å². The van der Waals surface area contributed by atoms with E-state index in [0.717, 1.165) is 18.4 Å². The Morgan fingerprint density at radius 3 is 2.52 bits per heavy atom. The first-order chi connectivity index (χ1) is 13.8. The molecule has 1 aliphatic rings. The van der Waals surface area contributed by atoms with Crippen molar-refractivity contribution in [3.63, 3.8) is 0 Å². The molecule has 0 unspecified atom stereocenters. The van der Waals surface area contributed by atoms with Crippen molar-refractivity contribution in [2.45, 2.75) is 32.7 Å². The number of aryl methyl sites for hydroxylation is 2. The molecule has 9 nitrogen and oxygen atoms in total. The minimum Gasteiger partial charge on any atom is -0.459 e. The normalized spacial score (nSPS) is 15.1. The topological polar surface area (TPSA) is 118 Å². The van der Waals surface area contributed by atoms with Gasteiger partial charge in [0.05, 0.1) is 17.7 Å². The summed E-state index contributed by atoms with van der Waals surface area (Å²) in [5.41, 5.74) is 2.01. The molecule has 9 heteroatoms. The van der Waals surface area contributed by atoms with Crippen LogP contribution in [0.2, 0.25) is 0 Å². The number of piperidine rings is 1. The van der Waals surface area contributed by atoms with Gasteiger partial charge in [-0.25, -0.2) is 0 Å². The highest BCUT2D eigenvalue weighted by Gasteiger charge is 2.24. The highest BCUT2D eigenvalue weighted by Crippen LogP contribution is 2.21. The van der Waals surface area contributed by atoms with Crippen LogP contribution < -0.4 is 10.6 Å². The fraction of sp³-hybridized carbons (Fsp3) is 0.400. The summed E-state index contributed by atoms with van der Waals surface area (Å²) in [6.07, 6.45) is 2.99. The number of nitro groups is 1. The first-order valence-corrected chi connectivity index (χ1v) is 9.45. The van der Waals surface area contributed by atoms with E-state index < -0.39 is 4.92 Å². The molecule has 2 heterocycles. The predicted octanol–water partition coefficient (Wildman–Crippen LogP) is 2.64. The van der Waals surface area contributed by atoms with Gasteiger partial charge in [0.25, 0.3) is 11.6 Å². The van der Waals surface area contributed by atoms with E-state index in [1.165, 1.54) is 18.4 Å². The quantitative estimate of drug-likeness (QED) is 0.568. The number of nitrogens with one attached hydrogen (secondary N) is 2. The first kappa shape index (κ1) is 20.5. The summed E-state index contributed by atoms with van der Waals surface area (Å²) in [6, 6.07) is 6.15. The van der Waals surface area contributed by atoms with E-state index in [1.54, 1.807) is 19.1 Å². The Hall–Kier alpha value is -3.20. The molecule has 2 aromatic rings. The Balaban J connectivity index is 1.45. The van der Waals surface area contributed by atoms with E-state index in [-0.39, 0.29) is 30.1 Å². The van der Waals surface area contributed by atoms with E-state index in [2.05, 4.69) is 10.6 Å². The SMILES string of the molecule is Cc1cc([N+](=O)[O-])ccc1NC(=O)CN1CCC(NC(=O)c2occc2C)CC1. The molecule has 0 radical (unpaired) electrons. The lowest BCUT2D eigenvalue weighted by Gasteiger charge is -2.31. The second kappa shape index (κ2) is 8.87. The number of carbonyl (C=O) groups is 2. The zero-order valence-electron chi connectivity index (χ0n) is 16.4. The van der Waals surface area contributed by atoms with Gasteiger partial charge >= 0.3 is 0 Å². The summed E-state index contributed by atoms with van der Waals surface area (Å²) in [5, 5.41) is 16.6. The van der Waals surface area contributed by atoms with E-state index in [1.807, 2.05) is 11.8 Å². The van der Waals surface area contributed by atoms with Gasteiger partial charge in [0.2, 0.25) is 5.91 Å². The van der Waals surface area contributed by atoms with Crippen molar-refractivity contribution in [3.05, 3.63) is 57.5 Å². The maximum Gasteiger partial charge on any atom is 0.287 e. The Morgan fingerprint density at radius 2 is 1.93 bits per heavy atom. The Kier molecular flexibility index (Phi) is 6.28. The van der Waals surface area contributed by atoms with E-state index in [4.69, 9.17) is 4.42 Å². The average molecular weight is 400 g/mol. The molecular formula is C20H24N4O5. The van der Waals surface area contributed by atoms with Crippen LogP contribution in [0.25, 0.3) is 0 Å². The van der Waals surface area contributed by atoms with Gasteiger partial charge in [-0.1, -0.05) is 0 Å². The number of hydrogen-bond donors (Lipinski definition) is 2. The van der Waals surface area contributed by atoms with Crippen LogP contribution >= 0.6 is 0 Å². The number of furan rings is 1. The monoisotopic (exact) mass is 400 g/mol. The number of non-ortho nitro benzene ring substituents is 1. The van der Waals surface area contributed by atoms with Crippen LogP contribution in [0, 0.1) is 24.0 Å². The molecule has 2 N–H and O–H groups in total. The van der Waals surface area contributed by atoms with Crippen molar-refractivity contribution >= 4 is 23.2 Å². The largest absolute Gasteiger partial charge is 0.459 e. The molecule has 1 fully saturated rings. The third-order valence-corrected chi connectivity index (χ3v) is 5.05. The summed E-state index contributed by atoms with van der Waals surface area (Å²) in [4.78, 5) is 36.9. The number of amides is 2. The van der Waals surface area contributed by atoms with Gasteiger partial charge in [-0.05, 0) is 44.4 Å². The maximum absolute atomic E-state index is 12.3. The second-order valence-electron chi connectivity index (χ2n) is 7.26. The van der Waals surface area contributed by atoms with Gasteiger partial charge in [-0.15, -0.1) is 0 Å². The smallest absolute Gasteiger partial charge is 0.287 e. The third-order valence-electron chi connectivity index (χ3n) is 5.05. The molecule has 1 saturated heterocycles. The highest BCUT2D eigenvalue weighted by atomic mass is 16.6. The molecule has 0 aliphatic carbocycles. The molecule has 29 heavy (non-hydrogen) atoms. The van der Waals surface area contributed by atoms with Crippen LogP contribution in [0.3, 0.4) is 0 Å². The lowest BCUT2D eigenvalue weighted by atomic mass is 10.0. The number of hydrogen-bond acceptors (Lipinski definition) is 6.